The van der Waals surface area contributed by atoms with E-state index in [0.717, 1.165) is 11.1 Å². The van der Waals surface area contributed by atoms with Crippen LogP contribution in [0.15, 0.2) is 103 Å². The number of benzene rings is 2. The van der Waals surface area contributed by atoms with E-state index in [4.69, 9.17) is 19.3 Å². The Bertz CT molecular complexity index is 1430. The summed E-state index contributed by atoms with van der Waals surface area (Å²) in [5.74, 6) is -1.39. The van der Waals surface area contributed by atoms with E-state index in [1.54, 1.807) is 18.5 Å². The topological polar surface area (TPSA) is 152 Å². The fraction of sp³-hybridized carbons (Fsp3) is 0.273. The van der Waals surface area contributed by atoms with Crippen molar-refractivity contribution in [3.8, 4) is 0 Å². The quantitative estimate of drug-likeness (QED) is 0.122. The predicted molar refractivity (Wildman–Crippen MR) is 164 cm³/mol. The van der Waals surface area contributed by atoms with Gasteiger partial charge in [0.1, 0.15) is 19.0 Å². The first-order chi connectivity index (χ1) is 21.5. The number of rotatable bonds is 18. The number of hydrogen-bond acceptors (Lipinski definition) is 9. The number of pyridine rings is 2. The summed E-state index contributed by atoms with van der Waals surface area (Å²) in [5.41, 5.74) is 2.65. The molecule has 3 unspecified atom stereocenters. The van der Waals surface area contributed by atoms with E-state index in [9.17, 15) is 14.7 Å². The maximum absolute atomic E-state index is 12.9. The summed E-state index contributed by atoms with van der Waals surface area (Å²) in [7, 11) is 0. The molecule has 0 saturated heterocycles. The van der Waals surface area contributed by atoms with Gasteiger partial charge in [-0.2, -0.15) is 0 Å². The third kappa shape index (κ3) is 9.96. The molecular weight excluding hydrogens is 564 g/mol. The second-order valence-electron chi connectivity index (χ2n) is 9.72. The van der Waals surface area contributed by atoms with Crippen molar-refractivity contribution in [1.29, 1.82) is 0 Å². The van der Waals surface area contributed by atoms with Crippen LogP contribution >= 0.6 is 0 Å². The van der Waals surface area contributed by atoms with Gasteiger partial charge in [0.2, 0.25) is 5.91 Å². The Morgan fingerprint density at radius 3 is 2.05 bits per heavy atom. The van der Waals surface area contributed by atoms with E-state index < -0.39 is 24.0 Å². The molecule has 0 aliphatic carbocycles. The van der Waals surface area contributed by atoms with Gasteiger partial charge < -0.3 is 35.1 Å². The van der Waals surface area contributed by atoms with E-state index in [1.807, 2.05) is 84.9 Å². The van der Waals surface area contributed by atoms with Gasteiger partial charge in [-0.05, 0) is 41.5 Å². The normalized spacial score (nSPS) is 13.0. The zero-order valence-corrected chi connectivity index (χ0v) is 24.1. The van der Waals surface area contributed by atoms with E-state index in [0.29, 0.717) is 17.2 Å². The van der Waals surface area contributed by atoms with Crippen LogP contribution in [0.25, 0.3) is 0 Å². The van der Waals surface area contributed by atoms with Crippen LogP contribution in [-0.2, 0) is 23.8 Å². The SMILES string of the molecule is O=C(O)COCCOCCOCC(=O)Nc1ccccc1C(Nc1ccccn1)C(c1ccccn1)C(O)c1ccccc1. The fourth-order valence-corrected chi connectivity index (χ4v) is 4.64. The van der Waals surface area contributed by atoms with Crippen molar-refractivity contribution < 1.29 is 34.0 Å². The molecular formula is C33H36N4O7. The largest absolute Gasteiger partial charge is 0.480 e. The highest BCUT2D eigenvalue weighted by molar-refractivity contribution is 5.92. The molecule has 0 fully saturated rings. The standard InChI is InChI=1S/C33H36N4O7/c38-29(22-43-20-18-42-19-21-44-23-30(39)40)36-26-13-5-4-12-25(26)32(37-28-15-7-9-17-35-28)31(27-14-6-8-16-34-27)33(41)24-10-2-1-3-11-24/h1-17,31-33,41H,18-23H2,(H,35,37)(H,36,38)(H,39,40). The molecule has 2 heterocycles. The Labute approximate surface area is 255 Å². The molecule has 0 spiro atoms. The number of aliphatic carboxylic acids is 1. The Morgan fingerprint density at radius 2 is 1.36 bits per heavy atom. The van der Waals surface area contributed by atoms with Crippen LogP contribution in [0.3, 0.4) is 0 Å². The Balaban J connectivity index is 1.52. The molecule has 0 aliphatic rings. The van der Waals surface area contributed by atoms with E-state index in [2.05, 4.69) is 20.6 Å². The summed E-state index contributed by atoms with van der Waals surface area (Å²) >= 11 is 0. The molecule has 0 aliphatic heterocycles. The van der Waals surface area contributed by atoms with Crippen molar-refractivity contribution in [2.45, 2.75) is 18.1 Å². The molecule has 0 radical (unpaired) electrons. The van der Waals surface area contributed by atoms with Gasteiger partial charge in [0.15, 0.2) is 0 Å². The molecule has 4 N–H and O–H groups in total. The molecule has 0 saturated carbocycles. The predicted octanol–water partition coefficient (Wildman–Crippen LogP) is 4.22. The average Bonchev–Trinajstić information content (AvgIpc) is 3.05. The molecule has 2 aromatic carbocycles. The minimum atomic E-state index is -1.04. The summed E-state index contributed by atoms with van der Waals surface area (Å²) < 4.78 is 15.7. The maximum Gasteiger partial charge on any atom is 0.329 e. The van der Waals surface area contributed by atoms with E-state index in [1.165, 1.54) is 0 Å². The summed E-state index contributed by atoms with van der Waals surface area (Å²) in [4.78, 5) is 32.5. The maximum atomic E-state index is 12.9. The number of hydrogen-bond donors (Lipinski definition) is 4. The van der Waals surface area contributed by atoms with Crippen LogP contribution in [0.5, 0.6) is 0 Å². The molecule has 4 aromatic rings. The lowest BCUT2D eigenvalue weighted by Gasteiger charge is -2.33. The number of carboxylic acids is 1. The zero-order chi connectivity index (χ0) is 31.0. The summed E-state index contributed by atoms with van der Waals surface area (Å²) in [6, 6.07) is 27.3. The Hall–Kier alpha value is -4.68. The number of aliphatic hydroxyl groups excluding tert-OH is 1. The second-order valence-corrected chi connectivity index (χ2v) is 9.72. The number of carboxylic acid groups (broad SMARTS) is 1. The van der Waals surface area contributed by atoms with Gasteiger partial charge in [-0.15, -0.1) is 0 Å². The molecule has 11 heteroatoms. The average molecular weight is 601 g/mol. The molecule has 0 bridgehead atoms. The van der Waals surface area contributed by atoms with Gasteiger partial charge in [0.25, 0.3) is 0 Å². The van der Waals surface area contributed by atoms with Gasteiger partial charge >= 0.3 is 5.97 Å². The Morgan fingerprint density at radius 1 is 0.727 bits per heavy atom. The third-order valence-electron chi connectivity index (χ3n) is 6.61. The van der Waals surface area contributed by atoms with E-state index in [-0.39, 0.29) is 45.5 Å². The number of nitrogens with zero attached hydrogens (tertiary/aromatic N) is 2. The van der Waals surface area contributed by atoms with E-state index >= 15 is 0 Å². The van der Waals surface area contributed by atoms with Gasteiger partial charge in [-0.25, -0.2) is 9.78 Å². The number of aromatic nitrogens is 2. The number of amides is 1. The van der Waals surface area contributed by atoms with Crippen LogP contribution in [0.1, 0.15) is 34.9 Å². The number of anilines is 2. The fourth-order valence-electron chi connectivity index (χ4n) is 4.64. The lowest BCUT2D eigenvalue weighted by Crippen LogP contribution is -2.28. The number of carbonyl (C=O) groups is 2. The molecule has 230 valence electrons. The van der Waals surface area contributed by atoms with Crippen LogP contribution in [0.4, 0.5) is 11.5 Å². The minimum Gasteiger partial charge on any atom is -0.480 e. The van der Waals surface area contributed by atoms with Crippen molar-refractivity contribution in [2.75, 3.05) is 50.3 Å². The first-order valence-corrected chi connectivity index (χ1v) is 14.2. The Kier molecular flexibility index (Phi) is 12.8. The molecule has 2 aromatic heterocycles. The number of nitrogens with one attached hydrogen (secondary N) is 2. The number of aliphatic hydroxyl groups is 1. The molecule has 44 heavy (non-hydrogen) atoms. The molecule has 11 nitrogen and oxygen atoms in total. The van der Waals surface area contributed by atoms with Gasteiger partial charge in [-0.3, -0.25) is 9.78 Å². The smallest absolute Gasteiger partial charge is 0.329 e. The van der Waals surface area contributed by atoms with Crippen LogP contribution in [0.2, 0.25) is 0 Å². The van der Waals surface area contributed by atoms with Crippen molar-refractivity contribution in [3.05, 3.63) is 120 Å². The monoisotopic (exact) mass is 600 g/mol. The van der Waals surface area contributed by atoms with Crippen molar-refractivity contribution in [3.63, 3.8) is 0 Å². The summed E-state index contributed by atoms with van der Waals surface area (Å²) in [6.07, 6.45) is 2.42. The number of ether oxygens (including phenoxy) is 3. The molecule has 3 atom stereocenters. The van der Waals surface area contributed by atoms with Crippen LogP contribution in [0, 0.1) is 0 Å². The molecule has 1 amide bonds. The number of para-hydroxylation sites is 1. The first kappa shape index (κ1) is 32.2. The number of carbonyl (C=O) groups excluding carboxylic acids is 1. The van der Waals surface area contributed by atoms with Crippen LogP contribution < -0.4 is 10.6 Å². The van der Waals surface area contributed by atoms with Gasteiger partial charge in [-0.1, -0.05) is 60.7 Å². The summed E-state index contributed by atoms with van der Waals surface area (Å²) in [5, 5.41) is 26.8. The van der Waals surface area contributed by atoms with Crippen molar-refractivity contribution in [1.82, 2.24) is 9.97 Å². The highest BCUT2D eigenvalue weighted by Gasteiger charge is 2.35. The summed E-state index contributed by atoms with van der Waals surface area (Å²) in [6.45, 7) is 0.167. The van der Waals surface area contributed by atoms with Crippen molar-refractivity contribution >= 4 is 23.4 Å². The third-order valence-corrected chi connectivity index (χ3v) is 6.61. The van der Waals surface area contributed by atoms with Gasteiger partial charge in [0.05, 0.1) is 44.5 Å². The highest BCUT2D eigenvalue weighted by atomic mass is 16.5. The van der Waals surface area contributed by atoms with Crippen LogP contribution in [-0.4, -0.2) is 71.7 Å². The second kappa shape index (κ2) is 17.4. The molecule has 4 rings (SSSR count). The lowest BCUT2D eigenvalue weighted by atomic mass is 9.82. The first-order valence-electron chi connectivity index (χ1n) is 14.2. The highest BCUT2D eigenvalue weighted by Crippen LogP contribution is 2.43. The zero-order valence-electron chi connectivity index (χ0n) is 24.1. The van der Waals surface area contributed by atoms with Crippen molar-refractivity contribution in [2.24, 2.45) is 0 Å². The van der Waals surface area contributed by atoms with Gasteiger partial charge in [0, 0.05) is 23.8 Å². The minimum absolute atomic E-state index is 0.149. The lowest BCUT2D eigenvalue weighted by molar-refractivity contribution is -0.142.